The molecule has 0 spiro atoms. The Bertz CT molecular complexity index is 1140. The lowest BCUT2D eigenvalue weighted by atomic mass is 10.0. The minimum Gasteiger partial charge on any atom is -0.486 e. The van der Waals surface area contributed by atoms with Crippen LogP contribution >= 0.6 is 11.6 Å². The predicted octanol–water partition coefficient (Wildman–Crippen LogP) is 4.87. The van der Waals surface area contributed by atoms with Crippen molar-refractivity contribution in [2.24, 2.45) is 0 Å². The average molecular weight is 455 g/mol. The zero-order valence-corrected chi connectivity index (χ0v) is 19.3. The number of methoxy groups -OCH3 is 1. The second-order valence-corrected chi connectivity index (χ2v) is 8.51. The number of hydrogen-bond donors (Lipinski definition) is 3. The van der Waals surface area contributed by atoms with E-state index in [4.69, 9.17) is 21.1 Å². The number of carbonyl (C=O) groups is 1. The predicted molar refractivity (Wildman–Crippen MR) is 126 cm³/mol. The van der Waals surface area contributed by atoms with Crippen LogP contribution in [0.15, 0.2) is 36.7 Å². The van der Waals surface area contributed by atoms with Crippen LogP contribution in [0.3, 0.4) is 0 Å². The van der Waals surface area contributed by atoms with Gasteiger partial charge in [0, 0.05) is 47.7 Å². The number of amides is 1. The number of H-pyrrole nitrogens is 1. The number of benzene rings is 1. The molecule has 2 unspecified atom stereocenters. The van der Waals surface area contributed by atoms with Gasteiger partial charge in [-0.15, -0.1) is 0 Å². The SMILES string of the molecule is COCC(C)Oc1cnccc1-c1[nH]c2c(c1Nc1cccc(Cl)c1C)C(=O)NC(C)C2. The van der Waals surface area contributed by atoms with Crippen LogP contribution in [0.4, 0.5) is 11.4 Å². The van der Waals surface area contributed by atoms with E-state index in [0.717, 1.165) is 28.2 Å². The molecule has 168 valence electrons. The fourth-order valence-corrected chi connectivity index (χ4v) is 4.15. The highest BCUT2D eigenvalue weighted by molar-refractivity contribution is 6.31. The molecule has 1 aliphatic heterocycles. The maximum atomic E-state index is 13.0. The second-order valence-electron chi connectivity index (χ2n) is 8.10. The molecule has 0 bridgehead atoms. The van der Waals surface area contributed by atoms with E-state index in [1.54, 1.807) is 19.5 Å². The lowest BCUT2D eigenvalue weighted by Gasteiger charge is -2.21. The highest BCUT2D eigenvalue weighted by atomic mass is 35.5. The fourth-order valence-electron chi connectivity index (χ4n) is 3.98. The van der Waals surface area contributed by atoms with Crippen molar-refractivity contribution in [1.29, 1.82) is 0 Å². The standard InChI is InChI=1S/C24H27ClN4O3/c1-13-10-19-21(24(30)27-13)23(28-18-7-5-6-17(25)15(18)3)22(29-19)16-8-9-26-11-20(16)32-14(2)12-31-4/h5-9,11,13-14,28-29H,10,12H2,1-4H3,(H,27,30). The number of pyridine rings is 1. The summed E-state index contributed by atoms with van der Waals surface area (Å²) in [7, 11) is 1.64. The smallest absolute Gasteiger partial charge is 0.255 e. The molecule has 1 aliphatic rings. The zero-order valence-electron chi connectivity index (χ0n) is 18.6. The molecule has 8 heteroatoms. The summed E-state index contributed by atoms with van der Waals surface area (Å²) in [6.07, 6.45) is 3.92. The summed E-state index contributed by atoms with van der Waals surface area (Å²) in [4.78, 5) is 20.7. The van der Waals surface area contributed by atoms with Gasteiger partial charge in [0.2, 0.25) is 0 Å². The Morgan fingerprint density at radius 2 is 2.16 bits per heavy atom. The number of halogens is 1. The van der Waals surface area contributed by atoms with E-state index in [-0.39, 0.29) is 18.1 Å². The normalized spacial score (nSPS) is 16.3. The van der Waals surface area contributed by atoms with Gasteiger partial charge in [0.1, 0.15) is 11.9 Å². The largest absolute Gasteiger partial charge is 0.486 e. The number of rotatable bonds is 7. The Morgan fingerprint density at radius 3 is 2.94 bits per heavy atom. The molecule has 3 N–H and O–H groups in total. The van der Waals surface area contributed by atoms with Crippen molar-refractivity contribution < 1.29 is 14.3 Å². The molecule has 1 aromatic carbocycles. The molecule has 0 saturated carbocycles. The Balaban J connectivity index is 1.86. The topological polar surface area (TPSA) is 88.3 Å². The first-order chi connectivity index (χ1) is 15.4. The van der Waals surface area contributed by atoms with Crippen molar-refractivity contribution in [3.05, 3.63) is 58.5 Å². The Kier molecular flexibility index (Phi) is 6.39. The highest BCUT2D eigenvalue weighted by Crippen LogP contribution is 2.41. The summed E-state index contributed by atoms with van der Waals surface area (Å²) >= 11 is 6.35. The third-order valence-electron chi connectivity index (χ3n) is 5.50. The summed E-state index contributed by atoms with van der Waals surface area (Å²) in [6.45, 7) is 6.31. The molecule has 3 aromatic rings. The monoisotopic (exact) mass is 454 g/mol. The number of fused-ring (bicyclic) bond motifs is 1. The number of carbonyl (C=O) groups excluding carboxylic acids is 1. The first-order valence-electron chi connectivity index (χ1n) is 10.6. The van der Waals surface area contributed by atoms with Crippen molar-refractivity contribution >= 4 is 28.9 Å². The van der Waals surface area contributed by atoms with Crippen LogP contribution in [-0.2, 0) is 11.2 Å². The molecule has 3 heterocycles. The second kappa shape index (κ2) is 9.22. The fraction of sp³-hybridized carbons (Fsp3) is 0.333. The van der Waals surface area contributed by atoms with Crippen LogP contribution in [0.25, 0.3) is 11.3 Å². The van der Waals surface area contributed by atoms with E-state index in [2.05, 4.69) is 20.6 Å². The molecule has 0 radical (unpaired) electrons. The van der Waals surface area contributed by atoms with E-state index < -0.39 is 0 Å². The van der Waals surface area contributed by atoms with Crippen LogP contribution in [0.1, 0.15) is 35.5 Å². The summed E-state index contributed by atoms with van der Waals surface area (Å²) in [5.74, 6) is 0.489. The molecule has 2 aromatic heterocycles. The van der Waals surface area contributed by atoms with Crippen LogP contribution < -0.4 is 15.4 Å². The third-order valence-corrected chi connectivity index (χ3v) is 5.91. The summed E-state index contributed by atoms with van der Waals surface area (Å²) in [6, 6.07) is 7.58. The Labute approximate surface area is 192 Å². The van der Waals surface area contributed by atoms with Gasteiger partial charge in [0.05, 0.1) is 29.7 Å². The van der Waals surface area contributed by atoms with E-state index in [1.165, 1.54) is 0 Å². The van der Waals surface area contributed by atoms with Gasteiger partial charge < -0.3 is 25.1 Å². The number of anilines is 2. The molecule has 0 aliphatic carbocycles. The average Bonchev–Trinajstić information content (AvgIpc) is 3.10. The van der Waals surface area contributed by atoms with Gasteiger partial charge in [-0.05, 0) is 44.5 Å². The molecule has 0 saturated heterocycles. The van der Waals surface area contributed by atoms with E-state index in [1.807, 2.05) is 45.0 Å². The van der Waals surface area contributed by atoms with E-state index in [0.29, 0.717) is 35.1 Å². The van der Waals surface area contributed by atoms with Gasteiger partial charge in [-0.3, -0.25) is 9.78 Å². The molecular weight excluding hydrogens is 428 g/mol. The minimum atomic E-state index is -0.164. The quantitative estimate of drug-likeness (QED) is 0.474. The van der Waals surface area contributed by atoms with Crippen LogP contribution in [0, 0.1) is 6.92 Å². The number of nitrogens with one attached hydrogen (secondary N) is 3. The van der Waals surface area contributed by atoms with Crippen molar-refractivity contribution in [3.8, 4) is 17.0 Å². The Hall–Kier alpha value is -3.03. The molecule has 2 atom stereocenters. The van der Waals surface area contributed by atoms with Gasteiger partial charge in [0.15, 0.2) is 0 Å². The molecule has 32 heavy (non-hydrogen) atoms. The summed E-state index contributed by atoms with van der Waals surface area (Å²) in [5, 5.41) is 7.15. The van der Waals surface area contributed by atoms with Gasteiger partial charge in [-0.25, -0.2) is 0 Å². The highest BCUT2D eigenvalue weighted by Gasteiger charge is 2.31. The molecule has 7 nitrogen and oxygen atoms in total. The van der Waals surface area contributed by atoms with E-state index >= 15 is 0 Å². The number of aromatic amines is 1. The molecular formula is C24H27ClN4O3. The van der Waals surface area contributed by atoms with Crippen LogP contribution in [0.5, 0.6) is 5.75 Å². The van der Waals surface area contributed by atoms with Gasteiger partial charge in [0.25, 0.3) is 5.91 Å². The first-order valence-corrected chi connectivity index (χ1v) is 10.9. The van der Waals surface area contributed by atoms with Crippen molar-refractivity contribution in [2.45, 2.75) is 39.3 Å². The van der Waals surface area contributed by atoms with Crippen LogP contribution in [0.2, 0.25) is 5.02 Å². The number of nitrogens with zero attached hydrogens (tertiary/aromatic N) is 1. The van der Waals surface area contributed by atoms with Crippen molar-refractivity contribution in [1.82, 2.24) is 15.3 Å². The van der Waals surface area contributed by atoms with E-state index in [9.17, 15) is 4.79 Å². The Morgan fingerprint density at radius 1 is 1.34 bits per heavy atom. The molecule has 4 rings (SSSR count). The number of ether oxygens (including phenoxy) is 2. The first kappa shape index (κ1) is 22.2. The lowest BCUT2D eigenvalue weighted by molar-refractivity contribution is 0.0921. The summed E-state index contributed by atoms with van der Waals surface area (Å²) in [5.41, 5.74) is 5.47. The van der Waals surface area contributed by atoms with Gasteiger partial charge in [-0.2, -0.15) is 0 Å². The molecule has 1 amide bonds. The van der Waals surface area contributed by atoms with Gasteiger partial charge >= 0.3 is 0 Å². The van der Waals surface area contributed by atoms with Gasteiger partial charge in [-0.1, -0.05) is 17.7 Å². The molecule has 0 fully saturated rings. The lowest BCUT2D eigenvalue weighted by Crippen LogP contribution is -2.39. The number of hydrogen-bond acceptors (Lipinski definition) is 5. The maximum Gasteiger partial charge on any atom is 0.255 e. The van der Waals surface area contributed by atoms with Crippen molar-refractivity contribution in [3.63, 3.8) is 0 Å². The third kappa shape index (κ3) is 4.31. The zero-order chi connectivity index (χ0) is 22.8. The number of aromatic nitrogens is 2. The minimum absolute atomic E-state index is 0.0390. The maximum absolute atomic E-state index is 13.0. The van der Waals surface area contributed by atoms with Crippen LogP contribution in [-0.4, -0.2) is 41.7 Å². The summed E-state index contributed by atoms with van der Waals surface area (Å²) < 4.78 is 11.3. The van der Waals surface area contributed by atoms with Crippen molar-refractivity contribution in [2.75, 3.05) is 19.0 Å².